The summed E-state index contributed by atoms with van der Waals surface area (Å²) in [6.45, 7) is 1.47. The normalized spacial score (nSPS) is 18.3. The number of ether oxygens (including phenoxy) is 2. The number of rotatable bonds is 3. The van der Waals surface area contributed by atoms with Crippen LogP contribution in [0.25, 0.3) is 21.8 Å². The van der Waals surface area contributed by atoms with Gasteiger partial charge in [0.1, 0.15) is 18.5 Å². The number of benzene rings is 2. The van der Waals surface area contributed by atoms with Crippen molar-refractivity contribution in [2.75, 3.05) is 13.2 Å². The molecule has 90 valence electrons. The monoisotopic (exact) mass is 239 g/mol. The predicted octanol–water partition coefficient (Wildman–Crippen LogP) is 3.10. The Balaban J connectivity index is 1.76. The standard InChI is InChI=1S/C15H13NO2/c1-2-4-14-12(3-1)13-6-5-10(7-15(13)16-14)17-8-11-9-18-11/h1-7,11,16H,8-9H2/t11-/m0/s1. The lowest BCUT2D eigenvalue weighted by molar-refractivity contribution is 0.263. The molecule has 0 spiro atoms. The minimum absolute atomic E-state index is 0.295. The Hall–Kier alpha value is -2.00. The third-order valence-corrected chi connectivity index (χ3v) is 3.32. The van der Waals surface area contributed by atoms with Crippen molar-refractivity contribution in [1.29, 1.82) is 0 Å². The van der Waals surface area contributed by atoms with Gasteiger partial charge in [-0.3, -0.25) is 0 Å². The van der Waals surface area contributed by atoms with E-state index in [1.54, 1.807) is 0 Å². The Morgan fingerprint density at radius 2 is 1.94 bits per heavy atom. The molecule has 1 saturated heterocycles. The van der Waals surface area contributed by atoms with Crippen LogP contribution in [0.5, 0.6) is 5.75 Å². The Morgan fingerprint density at radius 3 is 2.83 bits per heavy atom. The molecule has 1 aromatic heterocycles. The molecule has 4 rings (SSSR count). The van der Waals surface area contributed by atoms with Crippen LogP contribution in [0.2, 0.25) is 0 Å². The van der Waals surface area contributed by atoms with Crippen LogP contribution < -0.4 is 4.74 Å². The number of fused-ring (bicyclic) bond motifs is 3. The van der Waals surface area contributed by atoms with Crippen molar-refractivity contribution >= 4 is 21.8 Å². The van der Waals surface area contributed by atoms with Crippen molar-refractivity contribution in [1.82, 2.24) is 4.98 Å². The number of epoxide rings is 1. The quantitative estimate of drug-likeness (QED) is 0.713. The number of para-hydroxylation sites is 1. The lowest BCUT2D eigenvalue weighted by Gasteiger charge is -2.03. The van der Waals surface area contributed by atoms with E-state index in [0.29, 0.717) is 12.7 Å². The van der Waals surface area contributed by atoms with Crippen molar-refractivity contribution in [2.45, 2.75) is 6.10 Å². The first-order valence-corrected chi connectivity index (χ1v) is 6.15. The van der Waals surface area contributed by atoms with E-state index in [2.05, 4.69) is 35.3 Å². The Labute approximate surface area is 104 Å². The smallest absolute Gasteiger partial charge is 0.121 e. The topological polar surface area (TPSA) is 37.5 Å². The van der Waals surface area contributed by atoms with E-state index in [9.17, 15) is 0 Å². The first-order chi connectivity index (χ1) is 8.90. The van der Waals surface area contributed by atoms with E-state index in [1.807, 2.05) is 12.1 Å². The van der Waals surface area contributed by atoms with Gasteiger partial charge < -0.3 is 14.5 Å². The molecule has 0 radical (unpaired) electrons. The summed E-state index contributed by atoms with van der Waals surface area (Å²) < 4.78 is 10.8. The zero-order valence-corrected chi connectivity index (χ0v) is 9.85. The SMILES string of the molecule is c1ccc2c(c1)[nH]c1cc(OC[C@H]3CO3)ccc12. The lowest BCUT2D eigenvalue weighted by atomic mass is 10.1. The number of aromatic amines is 1. The molecule has 2 heterocycles. The van der Waals surface area contributed by atoms with E-state index in [0.717, 1.165) is 23.4 Å². The van der Waals surface area contributed by atoms with Crippen molar-refractivity contribution in [3.8, 4) is 5.75 Å². The molecule has 1 atom stereocenters. The maximum absolute atomic E-state index is 5.69. The van der Waals surface area contributed by atoms with Gasteiger partial charge in [0.2, 0.25) is 0 Å². The van der Waals surface area contributed by atoms with Gasteiger partial charge in [-0.1, -0.05) is 18.2 Å². The zero-order chi connectivity index (χ0) is 11.9. The molecule has 0 amide bonds. The summed E-state index contributed by atoms with van der Waals surface area (Å²) >= 11 is 0. The highest BCUT2D eigenvalue weighted by Crippen LogP contribution is 2.28. The van der Waals surface area contributed by atoms with Gasteiger partial charge in [0, 0.05) is 22.4 Å². The minimum atomic E-state index is 0.295. The molecule has 0 bridgehead atoms. The third-order valence-electron chi connectivity index (χ3n) is 3.32. The Bertz CT molecular complexity index is 713. The maximum atomic E-state index is 5.69. The van der Waals surface area contributed by atoms with Crippen LogP contribution in [0, 0.1) is 0 Å². The largest absolute Gasteiger partial charge is 0.491 e. The van der Waals surface area contributed by atoms with Crippen LogP contribution >= 0.6 is 0 Å². The van der Waals surface area contributed by atoms with Crippen molar-refractivity contribution < 1.29 is 9.47 Å². The molecule has 3 aromatic rings. The van der Waals surface area contributed by atoms with Crippen LogP contribution in [-0.4, -0.2) is 24.3 Å². The molecular formula is C15H13NO2. The van der Waals surface area contributed by atoms with E-state index < -0.39 is 0 Å². The van der Waals surface area contributed by atoms with E-state index >= 15 is 0 Å². The summed E-state index contributed by atoms with van der Waals surface area (Å²) in [5.41, 5.74) is 2.28. The van der Waals surface area contributed by atoms with Crippen LogP contribution in [0.4, 0.5) is 0 Å². The van der Waals surface area contributed by atoms with Gasteiger partial charge >= 0.3 is 0 Å². The van der Waals surface area contributed by atoms with E-state index in [1.165, 1.54) is 10.8 Å². The average molecular weight is 239 g/mol. The Morgan fingerprint density at radius 1 is 1.11 bits per heavy atom. The van der Waals surface area contributed by atoms with Gasteiger partial charge in [-0.2, -0.15) is 0 Å². The van der Waals surface area contributed by atoms with Crippen LogP contribution in [0.15, 0.2) is 42.5 Å². The summed E-state index contributed by atoms with van der Waals surface area (Å²) in [7, 11) is 0. The second-order valence-corrected chi connectivity index (χ2v) is 4.64. The molecule has 3 heteroatoms. The molecule has 0 unspecified atom stereocenters. The summed E-state index contributed by atoms with van der Waals surface area (Å²) in [4.78, 5) is 3.41. The fraction of sp³-hybridized carbons (Fsp3) is 0.200. The highest BCUT2D eigenvalue weighted by atomic mass is 16.6. The van der Waals surface area contributed by atoms with Crippen LogP contribution in [-0.2, 0) is 4.74 Å². The van der Waals surface area contributed by atoms with Gasteiger partial charge in [0.05, 0.1) is 12.1 Å². The van der Waals surface area contributed by atoms with Gasteiger partial charge in [-0.25, -0.2) is 0 Å². The highest BCUT2D eigenvalue weighted by molar-refractivity contribution is 6.07. The number of aromatic nitrogens is 1. The molecule has 1 aliphatic heterocycles. The predicted molar refractivity (Wildman–Crippen MR) is 71.0 cm³/mol. The second-order valence-electron chi connectivity index (χ2n) is 4.64. The molecule has 1 N–H and O–H groups in total. The van der Waals surface area contributed by atoms with Crippen molar-refractivity contribution in [2.24, 2.45) is 0 Å². The van der Waals surface area contributed by atoms with Crippen LogP contribution in [0.3, 0.4) is 0 Å². The summed E-state index contributed by atoms with van der Waals surface area (Å²) in [6.07, 6.45) is 0.295. The summed E-state index contributed by atoms with van der Waals surface area (Å²) in [5, 5.41) is 2.49. The van der Waals surface area contributed by atoms with Gasteiger partial charge in [-0.15, -0.1) is 0 Å². The first kappa shape index (κ1) is 9.97. The van der Waals surface area contributed by atoms with Gasteiger partial charge in [0.15, 0.2) is 0 Å². The minimum Gasteiger partial charge on any atom is -0.491 e. The first-order valence-electron chi connectivity index (χ1n) is 6.15. The van der Waals surface area contributed by atoms with Crippen molar-refractivity contribution in [3.05, 3.63) is 42.5 Å². The number of nitrogens with one attached hydrogen (secondary N) is 1. The van der Waals surface area contributed by atoms with Crippen molar-refractivity contribution in [3.63, 3.8) is 0 Å². The Kier molecular flexibility index (Phi) is 2.08. The zero-order valence-electron chi connectivity index (χ0n) is 9.85. The molecule has 2 aromatic carbocycles. The summed E-state index contributed by atoms with van der Waals surface area (Å²) in [5.74, 6) is 0.893. The fourth-order valence-electron chi connectivity index (χ4n) is 2.28. The molecule has 1 fully saturated rings. The highest BCUT2D eigenvalue weighted by Gasteiger charge is 2.23. The lowest BCUT2D eigenvalue weighted by Crippen LogP contribution is -2.03. The maximum Gasteiger partial charge on any atom is 0.121 e. The number of H-pyrrole nitrogens is 1. The molecule has 3 nitrogen and oxygen atoms in total. The summed E-state index contributed by atoms with van der Waals surface area (Å²) in [6, 6.07) is 14.5. The van der Waals surface area contributed by atoms with Gasteiger partial charge in [0.25, 0.3) is 0 Å². The molecular weight excluding hydrogens is 226 g/mol. The van der Waals surface area contributed by atoms with E-state index in [-0.39, 0.29) is 0 Å². The average Bonchev–Trinajstić information content (AvgIpc) is 3.16. The molecule has 0 saturated carbocycles. The fourth-order valence-corrected chi connectivity index (χ4v) is 2.28. The third kappa shape index (κ3) is 1.64. The molecule has 18 heavy (non-hydrogen) atoms. The van der Waals surface area contributed by atoms with Crippen LogP contribution in [0.1, 0.15) is 0 Å². The van der Waals surface area contributed by atoms with E-state index in [4.69, 9.17) is 9.47 Å². The molecule has 0 aliphatic carbocycles. The molecule has 1 aliphatic rings. The second kappa shape index (κ2) is 3.75. The van der Waals surface area contributed by atoms with Gasteiger partial charge in [-0.05, 0) is 18.2 Å². The number of hydrogen-bond donors (Lipinski definition) is 1. The number of hydrogen-bond acceptors (Lipinski definition) is 2.